The average Bonchev–Trinajstić information content (AvgIpc) is 2.29. The molecule has 1 amide bonds. The smallest absolute Gasteiger partial charge is 0.409 e. The minimum atomic E-state index is -1.19. The zero-order chi connectivity index (χ0) is 14.0. The molecule has 2 aromatic rings. The molecule has 6 heteroatoms. The van der Waals surface area contributed by atoms with Gasteiger partial charge in [0.1, 0.15) is 5.75 Å². The molecular formula is C13H9Cl2NO3. The molecule has 0 fully saturated rings. The van der Waals surface area contributed by atoms with E-state index < -0.39 is 6.09 Å². The lowest BCUT2D eigenvalue weighted by molar-refractivity contribution is 0.210. The zero-order valence-electron chi connectivity index (χ0n) is 9.52. The van der Waals surface area contributed by atoms with E-state index in [1.165, 1.54) is 18.2 Å². The first-order chi connectivity index (χ1) is 8.95. The lowest BCUT2D eigenvalue weighted by atomic mass is 10.0. The molecule has 3 N–H and O–H groups in total. The lowest BCUT2D eigenvalue weighted by Crippen LogP contribution is -2.08. The van der Waals surface area contributed by atoms with Crippen molar-refractivity contribution in [3.63, 3.8) is 0 Å². The van der Waals surface area contributed by atoms with Gasteiger partial charge in [0.15, 0.2) is 0 Å². The first-order valence-corrected chi connectivity index (χ1v) is 6.01. The monoisotopic (exact) mass is 297 g/mol. The minimum absolute atomic E-state index is 0.0158. The van der Waals surface area contributed by atoms with Gasteiger partial charge >= 0.3 is 6.09 Å². The molecule has 2 rings (SSSR count). The quantitative estimate of drug-likeness (QED) is 0.717. The maximum Gasteiger partial charge on any atom is 0.409 e. The van der Waals surface area contributed by atoms with E-state index >= 15 is 0 Å². The van der Waals surface area contributed by atoms with Crippen LogP contribution in [0.5, 0.6) is 5.75 Å². The van der Waals surface area contributed by atoms with Gasteiger partial charge in [-0.3, -0.25) is 5.32 Å². The molecule has 4 nitrogen and oxygen atoms in total. The number of rotatable bonds is 2. The molecule has 0 atom stereocenters. The predicted molar refractivity (Wildman–Crippen MR) is 75.2 cm³/mol. The second-order valence-corrected chi connectivity index (χ2v) is 4.69. The van der Waals surface area contributed by atoms with Crippen molar-refractivity contribution in [2.75, 3.05) is 5.32 Å². The number of phenols is 1. The number of halogens is 2. The first-order valence-electron chi connectivity index (χ1n) is 5.25. The third kappa shape index (κ3) is 3.30. The van der Waals surface area contributed by atoms with Crippen molar-refractivity contribution >= 4 is 35.0 Å². The lowest BCUT2D eigenvalue weighted by Gasteiger charge is -2.11. The summed E-state index contributed by atoms with van der Waals surface area (Å²) in [4.78, 5) is 10.7. The van der Waals surface area contributed by atoms with Crippen LogP contribution in [0.4, 0.5) is 10.5 Å². The van der Waals surface area contributed by atoms with Gasteiger partial charge in [0.2, 0.25) is 0 Å². The molecule has 0 spiro atoms. The molecule has 0 radical (unpaired) electrons. The topological polar surface area (TPSA) is 69.6 Å². The molecule has 0 aromatic heterocycles. The van der Waals surface area contributed by atoms with Gasteiger partial charge < -0.3 is 10.2 Å². The molecule has 0 saturated carbocycles. The summed E-state index contributed by atoms with van der Waals surface area (Å²) in [6.07, 6.45) is -1.19. The van der Waals surface area contributed by atoms with Crippen LogP contribution in [0.3, 0.4) is 0 Å². The number of nitrogens with one attached hydrogen (secondary N) is 1. The molecule has 0 aliphatic rings. The van der Waals surface area contributed by atoms with Gasteiger partial charge in [-0.05, 0) is 42.0 Å². The van der Waals surface area contributed by atoms with Gasteiger partial charge in [0.05, 0.1) is 5.69 Å². The molecule has 0 bridgehead atoms. The number of phenolic OH excluding ortho intramolecular Hbond substituents is 1. The van der Waals surface area contributed by atoms with Crippen molar-refractivity contribution < 1.29 is 15.0 Å². The molecule has 98 valence electrons. The highest BCUT2D eigenvalue weighted by atomic mass is 35.5. The highest BCUT2D eigenvalue weighted by Crippen LogP contribution is 2.34. The molecule has 0 aliphatic heterocycles. The average molecular weight is 298 g/mol. The Kier molecular flexibility index (Phi) is 3.83. The summed E-state index contributed by atoms with van der Waals surface area (Å²) < 4.78 is 0. The van der Waals surface area contributed by atoms with Gasteiger partial charge in [-0.15, -0.1) is 0 Å². The third-order valence-electron chi connectivity index (χ3n) is 2.42. The SMILES string of the molecule is O=C(O)Nc1ccc(O)cc1-c1cc(Cl)cc(Cl)c1. The van der Waals surface area contributed by atoms with Crippen LogP contribution < -0.4 is 5.32 Å². The Hall–Kier alpha value is -1.91. The van der Waals surface area contributed by atoms with E-state index in [1.807, 2.05) is 0 Å². The van der Waals surface area contributed by atoms with E-state index in [4.69, 9.17) is 28.3 Å². The van der Waals surface area contributed by atoms with Gasteiger partial charge in [0.25, 0.3) is 0 Å². The van der Waals surface area contributed by atoms with Crippen molar-refractivity contribution in [3.8, 4) is 16.9 Å². The Morgan fingerprint density at radius 1 is 1.05 bits per heavy atom. The maximum atomic E-state index is 10.7. The fourth-order valence-corrected chi connectivity index (χ4v) is 2.23. The summed E-state index contributed by atoms with van der Waals surface area (Å²) in [7, 11) is 0. The van der Waals surface area contributed by atoms with Crippen LogP contribution in [-0.2, 0) is 0 Å². The Bertz CT molecular complexity index is 624. The molecule has 0 unspecified atom stereocenters. The van der Waals surface area contributed by atoms with E-state index in [2.05, 4.69) is 5.32 Å². The number of amides is 1. The third-order valence-corrected chi connectivity index (χ3v) is 2.85. The van der Waals surface area contributed by atoms with Crippen molar-refractivity contribution in [3.05, 3.63) is 46.4 Å². The van der Waals surface area contributed by atoms with Crippen LogP contribution in [0, 0.1) is 0 Å². The van der Waals surface area contributed by atoms with E-state index in [-0.39, 0.29) is 5.75 Å². The summed E-state index contributed by atoms with van der Waals surface area (Å²) in [6, 6.07) is 9.13. The fraction of sp³-hybridized carbons (Fsp3) is 0. The van der Waals surface area contributed by atoms with Crippen LogP contribution in [0.1, 0.15) is 0 Å². The largest absolute Gasteiger partial charge is 0.508 e. The van der Waals surface area contributed by atoms with Crippen LogP contribution in [0.2, 0.25) is 10.0 Å². The van der Waals surface area contributed by atoms with E-state index in [9.17, 15) is 9.90 Å². The van der Waals surface area contributed by atoms with Crippen molar-refractivity contribution in [1.82, 2.24) is 0 Å². The molecular weight excluding hydrogens is 289 g/mol. The number of hydrogen-bond donors (Lipinski definition) is 3. The number of carbonyl (C=O) groups is 1. The maximum absolute atomic E-state index is 10.7. The summed E-state index contributed by atoms with van der Waals surface area (Å²) in [5.74, 6) is 0.0158. The van der Waals surface area contributed by atoms with E-state index in [0.717, 1.165) is 0 Å². The number of carboxylic acid groups (broad SMARTS) is 1. The van der Waals surface area contributed by atoms with Crippen molar-refractivity contribution in [2.24, 2.45) is 0 Å². The fourth-order valence-electron chi connectivity index (χ4n) is 1.70. The molecule has 2 aromatic carbocycles. The first kappa shape index (κ1) is 13.5. The Morgan fingerprint density at radius 3 is 2.26 bits per heavy atom. The van der Waals surface area contributed by atoms with Crippen LogP contribution in [0.25, 0.3) is 11.1 Å². The summed E-state index contributed by atoms with van der Waals surface area (Å²) in [5.41, 5.74) is 1.44. The summed E-state index contributed by atoms with van der Waals surface area (Å²) in [6.45, 7) is 0. The Balaban J connectivity index is 2.58. The van der Waals surface area contributed by atoms with Crippen molar-refractivity contribution in [1.29, 1.82) is 0 Å². The Labute approximate surface area is 119 Å². The number of aromatic hydroxyl groups is 1. The normalized spacial score (nSPS) is 10.2. The number of benzene rings is 2. The van der Waals surface area contributed by atoms with Gasteiger partial charge in [-0.1, -0.05) is 23.2 Å². The zero-order valence-corrected chi connectivity index (χ0v) is 11.0. The number of hydrogen-bond acceptors (Lipinski definition) is 2. The van der Waals surface area contributed by atoms with Crippen molar-refractivity contribution in [2.45, 2.75) is 0 Å². The van der Waals surface area contributed by atoms with E-state index in [0.29, 0.717) is 26.9 Å². The van der Waals surface area contributed by atoms with E-state index in [1.54, 1.807) is 18.2 Å². The van der Waals surface area contributed by atoms with Crippen LogP contribution in [0.15, 0.2) is 36.4 Å². The molecule has 0 heterocycles. The standard InChI is InChI=1S/C13H9Cl2NO3/c14-8-3-7(4-9(15)5-8)11-6-10(17)1-2-12(11)16-13(18)19/h1-6,16-17H,(H,18,19). The number of anilines is 1. The highest BCUT2D eigenvalue weighted by Gasteiger charge is 2.10. The second-order valence-electron chi connectivity index (χ2n) is 3.82. The molecule has 19 heavy (non-hydrogen) atoms. The highest BCUT2D eigenvalue weighted by molar-refractivity contribution is 6.35. The van der Waals surface area contributed by atoms with Crippen LogP contribution >= 0.6 is 23.2 Å². The molecule has 0 saturated heterocycles. The second kappa shape index (κ2) is 5.38. The summed E-state index contributed by atoms with van der Waals surface area (Å²) >= 11 is 11.8. The van der Waals surface area contributed by atoms with Gasteiger partial charge in [0, 0.05) is 15.6 Å². The van der Waals surface area contributed by atoms with Gasteiger partial charge in [-0.2, -0.15) is 0 Å². The Morgan fingerprint density at radius 2 is 1.68 bits per heavy atom. The van der Waals surface area contributed by atoms with Crippen LogP contribution in [-0.4, -0.2) is 16.3 Å². The van der Waals surface area contributed by atoms with Gasteiger partial charge in [-0.25, -0.2) is 4.79 Å². The predicted octanol–water partition coefficient (Wildman–Crippen LogP) is 4.46. The summed E-state index contributed by atoms with van der Waals surface area (Å²) in [5, 5.41) is 21.4. The molecule has 0 aliphatic carbocycles. The minimum Gasteiger partial charge on any atom is -0.508 e.